The van der Waals surface area contributed by atoms with Gasteiger partial charge in [0.25, 0.3) is 5.91 Å². The lowest BCUT2D eigenvalue weighted by Gasteiger charge is -2.35. The van der Waals surface area contributed by atoms with Crippen LogP contribution in [0, 0.1) is 5.92 Å². The van der Waals surface area contributed by atoms with Crippen LogP contribution in [0.4, 0.5) is 11.4 Å². The van der Waals surface area contributed by atoms with E-state index in [0.717, 1.165) is 54.4 Å². The minimum atomic E-state index is -0.200. The summed E-state index contributed by atoms with van der Waals surface area (Å²) in [5, 5.41) is 12.3. The van der Waals surface area contributed by atoms with Crippen LogP contribution in [0.2, 0.25) is 0 Å². The van der Waals surface area contributed by atoms with Gasteiger partial charge in [0.1, 0.15) is 10.7 Å². The monoisotopic (exact) mass is 396 g/mol. The zero-order valence-electron chi connectivity index (χ0n) is 15.6. The number of nitrogens with two attached hydrogens (primary N) is 1. The van der Waals surface area contributed by atoms with Crippen LogP contribution >= 0.6 is 11.3 Å². The standard InChI is InChI=1S/C20H24N6OS/c21-8-7-14-4-3-9-26(12-14)18-6-2-1-5-16(18)24-19(27)17-13-28-20(25-17)15-10-22-23-11-15/h1-2,5-6,10-11,13-14H,3-4,7-9,12,21H2,(H,22,23)(H,24,27). The Hall–Kier alpha value is -2.71. The summed E-state index contributed by atoms with van der Waals surface area (Å²) in [7, 11) is 0. The molecule has 0 bridgehead atoms. The summed E-state index contributed by atoms with van der Waals surface area (Å²) in [5.74, 6) is 0.410. The molecule has 8 heteroatoms. The van der Waals surface area contributed by atoms with Crippen LogP contribution in [-0.2, 0) is 0 Å². The molecule has 1 fully saturated rings. The van der Waals surface area contributed by atoms with Gasteiger partial charge in [-0.2, -0.15) is 5.10 Å². The summed E-state index contributed by atoms with van der Waals surface area (Å²) in [5.41, 5.74) is 8.92. The van der Waals surface area contributed by atoms with E-state index >= 15 is 0 Å². The molecule has 1 unspecified atom stereocenters. The summed E-state index contributed by atoms with van der Waals surface area (Å²) in [4.78, 5) is 19.6. The molecule has 28 heavy (non-hydrogen) atoms. The molecular formula is C20H24N6OS. The number of nitrogens with one attached hydrogen (secondary N) is 2. The van der Waals surface area contributed by atoms with E-state index in [9.17, 15) is 4.79 Å². The highest BCUT2D eigenvalue weighted by molar-refractivity contribution is 7.13. The van der Waals surface area contributed by atoms with Crippen LogP contribution in [0.5, 0.6) is 0 Å². The SMILES string of the molecule is NCCC1CCCN(c2ccccc2NC(=O)c2csc(-c3cn[nH]c3)n2)C1. The number of thiazole rings is 1. The normalized spacial score (nSPS) is 16.9. The first-order valence-corrected chi connectivity index (χ1v) is 10.4. The number of para-hydroxylation sites is 2. The number of rotatable bonds is 6. The van der Waals surface area contributed by atoms with Crippen molar-refractivity contribution in [3.05, 3.63) is 47.7 Å². The molecule has 146 valence electrons. The third kappa shape index (κ3) is 4.07. The van der Waals surface area contributed by atoms with Gasteiger partial charge >= 0.3 is 0 Å². The first-order valence-electron chi connectivity index (χ1n) is 9.54. The Morgan fingerprint density at radius 3 is 3.11 bits per heavy atom. The predicted molar refractivity (Wildman–Crippen MR) is 113 cm³/mol. The highest BCUT2D eigenvalue weighted by atomic mass is 32.1. The van der Waals surface area contributed by atoms with Crippen LogP contribution in [0.3, 0.4) is 0 Å². The molecule has 4 N–H and O–H groups in total. The smallest absolute Gasteiger partial charge is 0.275 e. The lowest BCUT2D eigenvalue weighted by Crippen LogP contribution is -2.36. The van der Waals surface area contributed by atoms with Crippen molar-refractivity contribution >= 4 is 28.6 Å². The van der Waals surface area contributed by atoms with Crippen molar-refractivity contribution in [2.45, 2.75) is 19.3 Å². The fourth-order valence-electron chi connectivity index (χ4n) is 3.68. The van der Waals surface area contributed by atoms with Gasteiger partial charge in [0.05, 0.1) is 17.6 Å². The second-order valence-electron chi connectivity index (χ2n) is 7.03. The van der Waals surface area contributed by atoms with Gasteiger partial charge in [-0.1, -0.05) is 12.1 Å². The number of aromatic nitrogens is 3. The number of benzene rings is 1. The molecule has 7 nitrogen and oxygen atoms in total. The average molecular weight is 397 g/mol. The number of H-pyrrole nitrogens is 1. The zero-order chi connectivity index (χ0) is 19.3. The molecule has 0 aliphatic carbocycles. The number of hydrogen-bond donors (Lipinski definition) is 3. The topological polar surface area (TPSA) is 99.9 Å². The fourth-order valence-corrected chi connectivity index (χ4v) is 4.46. The number of carbonyl (C=O) groups excluding carboxylic acids is 1. The van der Waals surface area contributed by atoms with Crippen molar-refractivity contribution in [2.24, 2.45) is 11.7 Å². The van der Waals surface area contributed by atoms with Crippen molar-refractivity contribution in [2.75, 3.05) is 29.9 Å². The Kier molecular flexibility index (Phi) is 5.68. The largest absolute Gasteiger partial charge is 0.370 e. The number of aromatic amines is 1. The quantitative estimate of drug-likeness (QED) is 0.593. The molecular weight excluding hydrogens is 372 g/mol. The number of amides is 1. The van der Waals surface area contributed by atoms with E-state index in [1.807, 2.05) is 18.2 Å². The Morgan fingerprint density at radius 1 is 1.39 bits per heavy atom. The summed E-state index contributed by atoms with van der Waals surface area (Å²) in [6.07, 6.45) is 6.87. The third-order valence-corrected chi connectivity index (χ3v) is 5.96. The highest BCUT2D eigenvalue weighted by Crippen LogP contribution is 2.31. The average Bonchev–Trinajstić information content (AvgIpc) is 3.41. The molecule has 0 spiro atoms. The molecule has 1 atom stereocenters. The third-order valence-electron chi connectivity index (χ3n) is 5.07. The lowest BCUT2D eigenvalue weighted by atomic mass is 9.94. The highest BCUT2D eigenvalue weighted by Gasteiger charge is 2.22. The summed E-state index contributed by atoms with van der Waals surface area (Å²) in [6, 6.07) is 7.97. The predicted octanol–water partition coefficient (Wildman–Crippen LogP) is 3.35. The second kappa shape index (κ2) is 8.53. The van der Waals surface area contributed by atoms with Crippen molar-refractivity contribution in [3.8, 4) is 10.6 Å². The van der Waals surface area contributed by atoms with Gasteiger partial charge in [0.2, 0.25) is 0 Å². The minimum absolute atomic E-state index is 0.200. The number of carbonyl (C=O) groups is 1. The minimum Gasteiger partial charge on any atom is -0.370 e. The fraction of sp³-hybridized carbons (Fsp3) is 0.350. The van der Waals surface area contributed by atoms with E-state index < -0.39 is 0 Å². The van der Waals surface area contributed by atoms with Crippen LogP contribution < -0.4 is 16.0 Å². The lowest BCUT2D eigenvalue weighted by molar-refractivity contribution is 0.102. The molecule has 3 aromatic rings. The first kappa shape index (κ1) is 18.6. The molecule has 1 aromatic carbocycles. The van der Waals surface area contributed by atoms with E-state index in [2.05, 4.69) is 31.5 Å². The van der Waals surface area contributed by atoms with Crippen LogP contribution in [0.25, 0.3) is 10.6 Å². The Labute approximate surface area is 168 Å². The second-order valence-corrected chi connectivity index (χ2v) is 7.89. The molecule has 1 amide bonds. The van der Waals surface area contributed by atoms with Crippen molar-refractivity contribution in [1.82, 2.24) is 15.2 Å². The number of piperidine rings is 1. The molecule has 4 rings (SSSR count). The number of hydrogen-bond acceptors (Lipinski definition) is 6. The summed E-state index contributed by atoms with van der Waals surface area (Å²) < 4.78 is 0. The Balaban J connectivity index is 1.50. The van der Waals surface area contributed by atoms with E-state index in [4.69, 9.17) is 5.73 Å². The van der Waals surface area contributed by atoms with Crippen molar-refractivity contribution < 1.29 is 4.79 Å². The van der Waals surface area contributed by atoms with Crippen LogP contribution in [0.1, 0.15) is 29.8 Å². The van der Waals surface area contributed by atoms with E-state index in [-0.39, 0.29) is 5.91 Å². The van der Waals surface area contributed by atoms with Crippen molar-refractivity contribution in [1.29, 1.82) is 0 Å². The van der Waals surface area contributed by atoms with Gasteiger partial charge in [-0.15, -0.1) is 11.3 Å². The van der Waals surface area contributed by atoms with Gasteiger partial charge in [0, 0.05) is 30.2 Å². The van der Waals surface area contributed by atoms with Gasteiger partial charge in [0.15, 0.2) is 0 Å². The molecule has 0 radical (unpaired) electrons. The van der Waals surface area contributed by atoms with Crippen molar-refractivity contribution in [3.63, 3.8) is 0 Å². The molecule has 1 aliphatic heterocycles. The van der Waals surface area contributed by atoms with Crippen LogP contribution in [-0.4, -0.2) is 40.7 Å². The maximum absolute atomic E-state index is 12.8. The first-order chi connectivity index (χ1) is 13.7. The van der Waals surface area contributed by atoms with E-state index in [0.29, 0.717) is 11.6 Å². The number of nitrogens with zero attached hydrogens (tertiary/aromatic N) is 3. The molecule has 1 saturated heterocycles. The molecule has 1 aliphatic rings. The molecule has 0 saturated carbocycles. The van der Waals surface area contributed by atoms with E-state index in [1.165, 1.54) is 17.8 Å². The Bertz CT molecular complexity index is 920. The van der Waals surface area contributed by atoms with Gasteiger partial charge in [-0.25, -0.2) is 4.98 Å². The van der Waals surface area contributed by atoms with Crippen LogP contribution in [0.15, 0.2) is 42.0 Å². The van der Waals surface area contributed by atoms with Gasteiger partial charge in [-0.3, -0.25) is 9.89 Å². The maximum Gasteiger partial charge on any atom is 0.275 e. The van der Waals surface area contributed by atoms with Gasteiger partial charge in [-0.05, 0) is 43.9 Å². The zero-order valence-corrected chi connectivity index (χ0v) is 16.4. The Morgan fingerprint density at radius 2 is 2.29 bits per heavy atom. The summed E-state index contributed by atoms with van der Waals surface area (Å²) in [6.45, 7) is 2.69. The van der Waals surface area contributed by atoms with E-state index in [1.54, 1.807) is 17.8 Å². The number of anilines is 2. The molecule has 3 heterocycles. The molecule has 2 aromatic heterocycles. The summed E-state index contributed by atoms with van der Waals surface area (Å²) >= 11 is 1.43. The van der Waals surface area contributed by atoms with Gasteiger partial charge < -0.3 is 16.0 Å². The maximum atomic E-state index is 12.8.